The maximum absolute atomic E-state index is 11.7. The van der Waals surface area contributed by atoms with Crippen LogP contribution in [-0.2, 0) is 6.54 Å². The van der Waals surface area contributed by atoms with Crippen molar-refractivity contribution in [3.63, 3.8) is 0 Å². The Bertz CT molecular complexity index is 749. The van der Waals surface area contributed by atoms with Gasteiger partial charge in [-0.05, 0) is 41.9 Å². The average molecular weight is 372 g/mol. The van der Waals surface area contributed by atoms with Crippen molar-refractivity contribution < 1.29 is 4.79 Å². The molecule has 0 fully saturated rings. The zero-order chi connectivity index (χ0) is 15.9. The molecule has 0 saturated carbocycles. The van der Waals surface area contributed by atoms with Crippen LogP contribution in [0.4, 0.5) is 0 Å². The van der Waals surface area contributed by atoms with Crippen LogP contribution in [0.1, 0.15) is 33.0 Å². The first-order valence-electron chi connectivity index (χ1n) is 7.02. The highest BCUT2D eigenvalue weighted by Crippen LogP contribution is 2.39. The molecule has 0 aliphatic carbocycles. The molecule has 1 aliphatic rings. The summed E-state index contributed by atoms with van der Waals surface area (Å²) in [6.45, 7) is 1.55. The number of carbonyl (C=O) groups is 1. The normalized spacial score (nSPS) is 17.3. The standard InChI is InChI=1S/C17H16Cl2N2O.ClH/c1-21-8-14(11-4-2-3-5-12(11)17(20)22)13-6-10(18)7-16(19)15(13)9-21;/h2-7,14H,8-9H2,1H3,(H2,20,22);1H. The van der Waals surface area contributed by atoms with Crippen molar-refractivity contribution in [1.29, 1.82) is 0 Å². The zero-order valence-corrected chi connectivity index (χ0v) is 14.9. The summed E-state index contributed by atoms with van der Waals surface area (Å²) >= 11 is 12.5. The molecule has 0 radical (unpaired) electrons. The molecule has 1 atom stereocenters. The lowest BCUT2D eigenvalue weighted by molar-refractivity contribution is 0.0998. The van der Waals surface area contributed by atoms with Gasteiger partial charge in [0.2, 0.25) is 5.91 Å². The van der Waals surface area contributed by atoms with E-state index in [9.17, 15) is 4.79 Å². The maximum Gasteiger partial charge on any atom is 0.248 e. The van der Waals surface area contributed by atoms with Crippen LogP contribution in [0.15, 0.2) is 36.4 Å². The predicted octanol–water partition coefficient (Wildman–Crippen LogP) is 4.09. The third-order valence-corrected chi connectivity index (χ3v) is 4.65. The number of benzene rings is 2. The molecule has 23 heavy (non-hydrogen) atoms. The molecule has 3 nitrogen and oxygen atoms in total. The fourth-order valence-electron chi connectivity index (χ4n) is 3.14. The van der Waals surface area contributed by atoms with E-state index in [1.54, 1.807) is 12.1 Å². The molecule has 0 saturated heterocycles. The molecule has 2 aromatic carbocycles. The fraction of sp³-hybridized carbons (Fsp3) is 0.235. The Balaban J connectivity index is 0.00000192. The summed E-state index contributed by atoms with van der Waals surface area (Å²) in [7, 11) is 2.04. The number of halogens is 3. The highest BCUT2D eigenvalue weighted by atomic mass is 35.5. The second kappa shape index (κ2) is 7.10. The maximum atomic E-state index is 11.7. The topological polar surface area (TPSA) is 46.3 Å². The van der Waals surface area contributed by atoms with Gasteiger partial charge in [0, 0.05) is 34.6 Å². The molecule has 0 spiro atoms. The van der Waals surface area contributed by atoms with E-state index in [1.165, 1.54) is 0 Å². The number of nitrogens with zero attached hydrogens (tertiary/aromatic N) is 1. The largest absolute Gasteiger partial charge is 0.366 e. The summed E-state index contributed by atoms with van der Waals surface area (Å²) in [6, 6.07) is 11.2. The minimum atomic E-state index is -0.418. The summed E-state index contributed by atoms with van der Waals surface area (Å²) in [5.74, 6) is -0.396. The zero-order valence-electron chi connectivity index (χ0n) is 12.6. The Morgan fingerprint density at radius 3 is 2.61 bits per heavy atom. The first-order chi connectivity index (χ1) is 10.5. The lowest BCUT2D eigenvalue weighted by Gasteiger charge is -2.34. The van der Waals surface area contributed by atoms with Gasteiger partial charge in [-0.25, -0.2) is 0 Å². The van der Waals surface area contributed by atoms with Crippen LogP contribution < -0.4 is 5.73 Å². The van der Waals surface area contributed by atoms with Crippen LogP contribution >= 0.6 is 35.6 Å². The van der Waals surface area contributed by atoms with Crippen molar-refractivity contribution >= 4 is 41.5 Å². The number of nitrogens with two attached hydrogens (primary N) is 1. The van der Waals surface area contributed by atoms with Crippen LogP contribution in [0.5, 0.6) is 0 Å². The number of fused-ring (bicyclic) bond motifs is 1. The van der Waals surface area contributed by atoms with Crippen molar-refractivity contribution in [2.24, 2.45) is 5.73 Å². The van der Waals surface area contributed by atoms with Gasteiger partial charge in [-0.2, -0.15) is 0 Å². The van der Waals surface area contributed by atoms with E-state index >= 15 is 0 Å². The SMILES string of the molecule is CN1Cc2c(Cl)cc(Cl)cc2C(c2ccccc2C(N)=O)C1.Cl. The van der Waals surface area contributed by atoms with E-state index in [4.69, 9.17) is 28.9 Å². The number of amides is 1. The highest BCUT2D eigenvalue weighted by molar-refractivity contribution is 6.35. The van der Waals surface area contributed by atoms with Gasteiger partial charge < -0.3 is 10.6 Å². The first-order valence-corrected chi connectivity index (χ1v) is 7.78. The summed E-state index contributed by atoms with van der Waals surface area (Å²) in [5.41, 5.74) is 9.13. The number of carbonyl (C=O) groups excluding carboxylic acids is 1. The summed E-state index contributed by atoms with van der Waals surface area (Å²) in [5, 5.41) is 1.27. The van der Waals surface area contributed by atoms with Crippen molar-refractivity contribution in [3.8, 4) is 0 Å². The smallest absolute Gasteiger partial charge is 0.248 e. The Labute approximate surface area is 151 Å². The van der Waals surface area contributed by atoms with E-state index in [-0.39, 0.29) is 18.3 Å². The van der Waals surface area contributed by atoms with Gasteiger partial charge >= 0.3 is 0 Å². The van der Waals surface area contributed by atoms with Crippen LogP contribution in [0.3, 0.4) is 0 Å². The van der Waals surface area contributed by atoms with Gasteiger partial charge in [0.15, 0.2) is 0 Å². The molecule has 3 rings (SSSR count). The average Bonchev–Trinajstić information content (AvgIpc) is 2.47. The minimum Gasteiger partial charge on any atom is -0.366 e. The molecular weight excluding hydrogens is 355 g/mol. The molecule has 2 aromatic rings. The molecule has 122 valence electrons. The molecule has 0 aromatic heterocycles. The number of hydrogen-bond donors (Lipinski definition) is 1. The van der Waals surface area contributed by atoms with E-state index in [1.807, 2.05) is 31.3 Å². The lowest BCUT2D eigenvalue weighted by Crippen LogP contribution is -2.32. The molecule has 1 aliphatic heterocycles. The molecule has 0 bridgehead atoms. The summed E-state index contributed by atoms with van der Waals surface area (Å²) in [4.78, 5) is 13.9. The third-order valence-electron chi connectivity index (χ3n) is 4.09. The number of primary amides is 1. The fourth-order valence-corrected chi connectivity index (χ4v) is 3.71. The molecule has 2 N–H and O–H groups in total. The second-order valence-corrected chi connectivity index (χ2v) is 6.50. The highest BCUT2D eigenvalue weighted by Gasteiger charge is 2.29. The van der Waals surface area contributed by atoms with E-state index < -0.39 is 5.91 Å². The van der Waals surface area contributed by atoms with Crippen LogP contribution in [0.2, 0.25) is 10.0 Å². The Kier molecular flexibility index (Phi) is 5.58. The molecule has 1 amide bonds. The van der Waals surface area contributed by atoms with Crippen molar-refractivity contribution in [2.75, 3.05) is 13.6 Å². The monoisotopic (exact) mass is 370 g/mol. The molecule has 1 unspecified atom stereocenters. The molecule has 1 heterocycles. The van der Waals surface area contributed by atoms with E-state index in [0.717, 1.165) is 29.8 Å². The van der Waals surface area contributed by atoms with Crippen LogP contribution in [0, 0.1) is 0 Å². The number of rotatable bonds is 2. The minimum absolute atomic E-state index is 0. The summed E-state index contributed by atoms with van der Waals surface area (Å²) in [6.07, 6.45) is 0. The van der Waals surface area contributed by atoms with Crippen molar-refractivity contribution in [3.05, 3.63) is 68.7 Å². The lowest BCUT2D eigenvalue weighted by atomic mass is 9.82. The van der Waals surface area contributed by atoms with Gasteiger partial charge in [-0.1, -0.05) is 41.4 Å². The van der Waals surface area contributed by atoms with Crippen LogP contribution in [0.25, 0.3) is 0 Å². The van der Waals surface area contributed by atoms with Gasteiger partial charge in [-0.15, -0.1) is 12.4 Å². The number of likely N-dealkylation sites (N-methyl/N-ethyl adjacent to an activating group) is 1. The number of hydrogen-bond acceptors (Lipinski definition) is 2. The Morgan fingerprint density at radius 1 is 1.22 bits per heavy atom. The third kappa shape index (κ3) is 3.48. The van der Waals surface area contributed by atoms with Crippen LogP contribution in [-0.4, -0.2) is 24.4 Å². The van der Waals surface area contributed by atoms with Gasteiger partial charge in [0.05, 0.1) is 0 Å². The first kappa shape index (κ1) is 18.1. The summed E-state index contributed by atoms with van der Waals surface area (Å²) < 4.78 is 0. The van der Waals surface area contributed by atoms with Crippen molar-refractivity contribution in [1.82, 2.24) is 4.90 Å². The van der Waals surface area contributed by atoms with Crippen molar-refractivity contribution in [2.45, 2.75) is 12.5 Å². The Hall–Kier alpha value is -1.26. The van der Waals surface area contributed by atoms with Gasteiger partial charge in [0.25, 0.3) is 0 Å². The Morgan fingerprint density at radius 2 is 1.91 bits per heavy atom. The quantitative estimate of drug-likeness (QED) is 0.864. The van der Waals surface area contributed by atoms with E-state index in [0.29, 0.717) is 15.6 Å². The predicted molar refractivity (Wildman–Crippen MR) is 96.8 cm³/mol. The molecular formula is C17H17Cl3N2O. The second-order valence-electron chi connectivity index (χ2n) is 5.66. The van der Waals surface area contributed by atoms with E-state index in [2.05, 4.69) is 4.90 Å². The van der Waals surface area contributed by atoms with Gasteiger partial charge in [-0.3, -0.25) is 4.79 Å². The van der Waals surface area contributed by atoms with Gasteiger partial charge in [0.1, 0.15) is 0 Å². The molecule has 6 heteroatoms.